The molecule has 0 aromatic carbocycles. The van der Waals surface area contributed by atoms with Crippen LogP contribution in [-0.2, 0) is 18.9 Å². The van der Waals surface area contributed by atoms with Crippen LogP contribution in [0.25, 0.3) is 0 Å². The van der Waals surface area contributed by atoms with E-state index < -0.39 is 0 Å². The van der Waals surface area contributed by atoms with Gasteiger partial charge < -0.3 is 24.1 Å². The molecule has 0 fully saturated rings. The Morgan fingerprint density at radius 1 is 0.833 bits per heavy atom. The predicted molar refractivity (Wildman–Crippen MR) is 118 cm³/mol. The zero-order valence-electron chi connectivity index (χ0n) is 19.7. The minimum absolute atomic E-state index is 0.0788. The van der Waals surface area contributed by atoms with Gasteiger partial charge in [0, 0.05) is 24.2 Å². The van der Waals surface area contributed by atoms with E-state index in [9.17, 15) is 4.79 Å². The lowest BCUT2D eigenvalue weighted by atomic mass is 9.97. The highest BCUT2D eigenvalue weighted by molar-refractivity contribution is 5.69. The van der Waals surface area contributed by atoms with Crippen LogP contribution < -0.4 is 0 Å². The molecule has 1 amide bonds. The van der Waals surface area contributed by atoms with E-state index in [0.717, 1.165) is 0 Å². The maximum absolute atomic E-state index is 12.4. The predicted octanol–water partition coefficient (Wildman–Crippen LogP) is 2.00. The van der Waals surface area contributed by atoms with Gasteiger partial charge >= 0.3 is 6.09 Å². The molecule has 0 aromatic rings. The largest absolute Gasteiger partial charge is 0.447 e. The van der Waals surface area contributed by atoms with Crippen LogP contribution in [0.4, 0.5) is 4.79 Å². The fourth-order valence-corrected chi connectivity index (χ4v) is 3.08. The molecule has 176 valence electrons. The fourth-order valence-electron chi connectivity index (χ4n) is 3.08. The summed E-state index contributed by atoms with van der Waals surface area (Å²) in [6.07, 6.45) is 4.94. The van der Waals surface area contributed by atoms with Crippen molar-refractivity contribution >= 4 is 6.09 Å². The van der Waals surface area contributed by atoms with Crippen molar-refractivity contribution in [2.24, 2.45) is 0 Å². The van der Waals surface area contributed by atoms with Gasteiger partial charge in [-0.15, -0.1) is 6.42 Å². The summed E-state index contributed by atoms with van der Waals surface area (Å²) in [5.74, 6) is 2.56. The molecule has 8 heteroatoms. The lowest BCUT2D eigenvalue weighted by Gasteiger charge is -2.44. The van der Waals surface area contributed by atoms with Gasteiger partial charge in [-0.25, -0.2) is 4.79 Å². The highest BCUT2D eigenvalue weighted by atomic mass is 16.6. The van der Waals surface area contributed by atoms with Crippen LogP contribution in [0.1, 0.15) is 41.5 Å². The van der Waals surface area contributed by atoms with E-state index in [0.29, 0.717) is 59.3 Å². The third kappa shape index (κ3) is 13.8. The van der Waals surface area contributed by atoms with Gasteiger partial charge in [0.15, 0.2) is 0 Å². The Morgan fingerprint density at radius 3 is 1.73 bits per heavy atom. The lowest BCUT2D eigenvalue weighted by molar-refractivity contribution is -0.0109. The number of carbonyl (C=O) groups is 1. The van der Waals surface area contributed by atoms with Crippen LogP contribution >= 0.6 is 0 Å². The Morgan fingerprint density at radius 2 is 1.30 bits per heavy atom. The first-order valence-electron chi connectivity index (χ1n) is 10.5. The molecule has 0 rings (SSSR count). The van der Waals surface area contributed by atoms with E-state index >= 15 is 0 Å². The molecule has 0 saturated carbocycles. The molecule has 0 aromatic heterocycles. The SMILES string of the molecule is C#CCN(CCO)CCOCCOCCOCCOC(=O)N(C(C)(C)C)C(C)(C)C. The molecule has 0 aliphatic carbocycles. The second kappa shape index (κ2) is 15.4. The van der Waals surface area contributed by atoms with Crippen LogP contribution in [0.3, 0.4) is 0 Å². The molecule has 0 bridgehead atoms. The number of carbonyl (C=O) groups excluding carboxylic acids is 1. The van der Waals surface area contributed by atoms with Crippen molar-refractivity contribution < 1.29 is 28.8 Å². The van der Waals surface area contributed by atoms with Gasteiger partial charge in [0.2, 0.25) is 0 Å². The van der Waals surface area contributed by atoms with Crippen LogP contribution in [-0.4, -0.2) is 105 Å². The monoisotopic (exact) mass is 430 g/mol. The highest BCUT2D eigenvalue weighted by Crippen LogP contribution is 2.25. The fraction of sp³-hybridized carbons (Fsp3) is 0.864. The number of amides is 1. The molecule has 0 heterocycles. The number of aliphatic hydroxyl groups excluding tert-OH is 1. The first-order chi connectivity index (χ1) is 14.0. The molecule has 8 nitrogen and oxygen atoms in total. The van der Waals surface area contributed by atoms with Gasteiger partial charge in [-0.05, 0) is 41.5 Å². The van der Waals surface area contributed by atoms with Crippen LogP contribution in [0.15, 0.2) is 0 Å². The van der Waals surface area contributed by atoms with E-state index in [1.807, 2.05) is 46.4 Å². The van der Waals surface area contributed by atoms with Crippen molar-refractivity contribution in [3.63, 3.8) is 0 Å². The molecule has 0 spiro atoms. The smallest absolute Gasteiger partial charge is 0.410 e. The van der Waals surface area contributed by atoms with E-state index in [4.69, 9.17) is 30.5 Å². The molecule has 0 atom stereocenters. The van der Waals surface area contributed by atoms with Crippen molar-refractivity contribution in [2.75, 3.05) is 72.5 Å². The van der Waals surface area contributed by atoms with E-state index in [-0.39, 0.29) is 30.4 Å². The Balaban J connectivity index is 3.71. The van der Waals surface area contributed by atoms with Crippen molar-refractivity contribution in [3.05, 3.63) is 0 Å². The molecule has 0 saturated heterocycles. The maximum Gasteiger partial charge on any atom is 0.410 e. The van der Waals surface area contributed by atoms with Gasteiger partial charge in [0.25, 0.3) is 0 Å². The number of hydrogen-bond donors (Lipinski definition) is 1. The summed E-state index contributed by atoms with van der Waals surface area (Å²) >= 11 is 0. The maximum atomic E-state index is 12.4. The molecule has 0 unspecified atom stereocenters. The Bertz CT molecular complexity index is 479. The van der Waals surface area contributed by atoms with Crippen molar-refractivity contribution in [1.82, 2.24) is 9.80 Å². The quantitative estimate of drug-likeness (QED) is 0.314. The summed E-state index contributed by atoms with van der Waals surface area (Å²) < 4.78 is 21.7. The lowest BCUT2D eigenvalue weighted by Crippen LogP contribution is -2.56. The third-order valence-corrected chi connectivity index (χ3v) is 4.00. The van der Waals surface area contributed by atoms with E-state index in [2.05, 4.69) is 5.92 Å². The van der Waals surface area contributed by atoms with Gasteiger partial charge in [-0.1, -0.05) is 5.92 Å². The average Bonchev–Trinajstić information content (AvgIpc) is 2.60. The van der Waals surface area contributed by atoms with Gasteiger partial charge in [-0.3, -0.25) is 9.80 Å². The number of rotatable bonds is 15. The zero-order chi connectivity index (χ0) is 23.0. The standard InChI is InChI=1S/C22H42N2O6/c1-8-9-23(10-12-25)11-13-27-14-15-28-16-17-29-18-19-30-20(26)24(21(2,3)4)22(5,6)7/h1,25H,9-19H2,2-7H3. The first kappa shape index (κ1) is 28.6. The first-order valence-corrected chi connectivity index (χ1v) is 10.5. The second-order valence-corrected chi connectivity index (χ2v) is 8.83. The van der Waals surface area contributed by atoms with Crippen molar-refractivity contribution in [1.29, 1.82) is 0 Å². The minimum atomic E-state index is -0.341. The molecule has 1 N–H and O–H groups in total. The Labute approximate surface area is 182 Å². The van der Waals surface area contributed by atoms with Crippen LogP contribution in [0.5, 0.6) is 0 Å². The Kier molecular flexibility index (Phi) is 14.7. The average molecular weight is 431 g/mol. The molecular formula is C22H42N2O6. The van der Waals surface area contributed by atoms with Crippen molar-refractivity contribution in [3.8, 4) is 12.3 Å². The van der Waals surface area contributed by atoms with Gasteiger partial charge in [0.05, 0.1) is 52.8 Å². The molecule has 0 aliphatic heterocycles. The van der Waals surface area contributed by atoms with Crippen molar-refractivity contribution in [2.45, 2.75) is 52.6 Å². The number of aliphatic hydroxyl groups is 1. The van der Waals surface area contributed by atoms with Crippen LogP contribution in [0, 0.1) is 12.3 Å². The summed E-state index contributed by atoms with van der Waals surface area (Å²) in [5, 5.41) is 8.95. The third-order valence-electron chi connectivity index (χ3n) is 4.00. The van der Waals surface area contributed by atoms with Crippen LogP contribution in [0.2, 0.25) is 0 Å². The highest BCUT2D eigenvalue weighted by Gasteiger charge is 2.36. The minimum Gasteiger partial charge on any atom is -0.447 e. The number of nitrogens with zero attached hydrogens (tertiary/aromatic N) is 2. The summed E-state index contributed by atoms with van der Waals surface area (Å²) in [6, 6.07) is 0. The summed E-state index contributed by atoms with van der Waals surface area (Å²) in [4.78, 5) is 16.1. The summed E-state index contributed by atoms with van der Waals surface area (Å²) in [5.41, 5.74) is -0.658. The molecule has 0 radical (unpaired) electrons. The zero-order valence-corrected chi connectivity index (χ0v) is 19.7. The molecular weight excluding hydrogens is 388 g/mol. The van der Waals surface area contributed by atoms with E-state index in [1.165, 1.54) is 0 Å². The molecule has 30 heavy (non-hydrogen) atoms. The number of hydrogen-bond acceptors (Lipinski definition) is 7. The number of terminal acetylenes is 1. The summed E-state index contributed by atoms with van der Waals surface area (Å²) in [6.45, 7) is 16.6. The number of ether oxygens (including phenoxy) is 4. The van der Waals surface area contributed by atoms with Gasteiger partial charge in [0.1, 0.15) is 6.61 Å². The second-order valence-electron chi connectivity index (χ2n) is 8.83. The summed E-state index contributed by atoms with van der Waals surface area (Å²) in [7, 11) is 0. The molecule has 0 aliphatic rings. The normalized spacial score (nSPS) is 12.1. The topological polar surface area (TPSA) is 80.7 Å². The van der Waals surface area contributed by atoms with E-state index in [1.54, 1.807) is 4.90 Å². The van der Waals surface area contributed by atoms with Gasteiger partial charge in [-0.2, -0.15) is 0 Å². The Hall–Kier alpha value is -1.37.